The average Bonchev–Trinajstić information content (AvgIpc) is 2.41. The molecule has 0 bridgehead atoms. The summed E-state index contributed by atoms with van der Waals surface area (Å²) >= 11 is 0. The number of terminal acetylenes is 1. The molecule has 0 heterocycles. The van der Waals surface area contributed by atoms with Gasteiger partial charge in [-0.2, -0.15) is 17.6 Å². The minimum atomic E-state index is -5.54. The number of ether oxygens (including phenoxy) is 1. The van der Waals surface area contributed by atoms with Gasteiger partial charge in [0.1, 0.15) is 6.61 Å². The quantitative estimate of drug-likeness (QED) is 0.256. The van der Waals surface area contributed by atoms with Gasteiger partial charge in [0.25, 0.3) is 0 Å². The van der Waals surface area contributed by atoms with Crippen molar-refractivity contribution in [1.29, 1.82) is 0 Å². The van der Waals surface area contributed by atoms with E-state index in [-0.39, 0.29) is 13.1 Å². The monoisotopic (exact) mass is 311 g/mol. The Bertz CT molecular complexity index is 490. The first-order valence-electron chi connectivity index (χ1n) is 5.26. The molecule has 0 N–H and O–H groups in total. The molecule has 0 aromatic carbocycles. The third-order valence-electron chi connectivity index (χ3n) is 1.91. The summed E-state index contributed by atoms with van der Waals surface area (Å²) in [5.41, 5.74) is 0. The van der Waals surface area contributed by atoms with Crippen molar-refractivity contribution in [2.45, 2.75) is 6.18 Å². The van der Waals surface area contributed by atoms with E-state index in [0.29, 0.717) is 0 Å². The lowest BCUT2D eigenvalue weighted by Gasteiger charge is -2.16. The zero-order valence-corrected chi connectivity index (χ0v) is 10.5. The number of halogens is 5. The zero-order chi connectivity index (χ0) is 16.6. The van der Waals surface area contributed by atoms with Crippen LogP contribution in [0.25, 0.3) is 0 Å². The van der Waals surface area contributed by atoms with Gasteiger partial charge in [0.05, 0.1) is 6.54 Å². The second-order valence-corrected chi connectivity index (χ2v) is 3.47. The topological polar surface area (TPSA) is 46.6 Å². The summed E-state index contributed by atoms with van der Waals surface area (Å²) in [6, 6.07) is 0. The highest BCUT2D eigenvalue weighted by molar-refractivity contribution is 6.32. The first-order valence-corrected chi connectivity index (χ1v) is 5.26. The molecule has 0 aromatic rings. The largest absolute Gasteiger partial charge is 0.451 e. The summed E-state index contributed by atoms with van der Waals surface area (Å²) in [5, 5.41) is 0. The molecule has 4 nitrogen and oxygen atoms in total. The van der Waals surface area contributed by atoms with Gasteiger partial charge >= 0.3 is 18.1 Å². The van der Waals surface area contributed by atoms with E-state index in [9.17, 15) is 31.5 Å². The van der Waals surface area contributed by atoms with Crippen LogP contribution in [0, 0.1) is 12.3 Å². The smallest absolute Gasteiger partial charge is 0.445 e. The Morgan fingerprint density at radius 3 is 2.33 bits per heavy atom. The number of rotatable bonds is 5. The van der Waals surface area contributed by atoms with Gasteiger partial charge in [-0.3, -0.25) is 4.79 Å². The second kappa shape index (κ2) is 8.04. The molecule has 0 atom stereocenters. The maximum atomic E-state index is 12.7. The normalized spacial score (nSPS) is 12.0. The molecule has 0 aliphatic carbocycles. The summed E-state index contributed by atoms with van der Waals surface area (Å²) in [7, 11) is 0. The molecule has 0 aliphatic rings. The van der Waals surface area contributed by atoms with Gasteiger partial charge in [-0.25, -0.2) is 9.18 Å². The van der Waals surface area contributed by atoms with E-state index >= 15 is 0 Å². The van der Waals surface area contributed by atoms with Gasteiger partial charge in [-0.05, 0) is 0 Å². The highest BCUT2D eigenvalue weighted by Gasteiger charge is 2.38. The van der Waals surface area contributed by atoms with Crippen LogP contribution in [0.4, 0.5) is 22.0 Å². The molecule has 116 valence electrons. The first-order chi connectivity index (χ1) is 9.65. The van der Waals surface area contributed by atoms with Crippen LogP contribution in [-0.2, 0) is 14.3 Å². The fourth-order valence-corrected chi connectivity index (χ4v) is 1.02. The number of carbonyl (C=O) groups excluding carboxylic acids is 2. The van der Waals surface area contributed by atoms with Crippen molar-refractivity contribution in [2.24, 2.45) is 0 Å². The number of carbonyl (C=O) groups is 2. The molecule has 0 unspecified atom stereocenters. The van der Waals surface area contributed by atoms with Crippen molar-refractivity contribution in [3.05, 3.63) is 24.3 Å². The minimum absolute atomic E-state index is 0.132. The maximum absolute atomic E-state index is 12.7. The summed E-state index contributed by atoms with van der Waals surface area (Å²) in [6.45, 7) is 1.21. The molecule has 9 heteroatoms. The van der Waals surface area contributed by atoms with Crippen molar-refractivity contribution in [2.75, 3.05) is 19.7 Å². The summed E-state index contributed by atoms with van der Waals surface area (Å²) < 4.78 is 64.5. The molecule has 0 saturated heterocycles. The Balaban J connectivity index is 4.74. The average molecular weight is 311 g/mol. The van der Waals surface area contributed by atoms with Gasteiger partial charge in [-0.15, -0.1) is 13.0 Å². The van der Waals surface area contributed by atoms with Gasteiger partial charge in [0.2, 0.25) is 5.83 Å². The number of esters is 1. The van der Waals surface area contributed by atoms with Crippen LogP contribution in [-0.4, -0.2) is 42.6 Å². The predicted octanol–water partition coefficient (Wildman–Crippen LogP) is 1.89. The number of nitrogens with zero attached hydrogens (tertiary/aromatic N) is 1. The van der Waals surface area contributed by atoms with E-state index in [1.165, 1.54) is 6.08 Å². The Morgan fingerprint density at radius 1 is 1.33 bits per heavy atom. The number of allylic oxidation sites excluding steroid dienone is 1. The van der Waals surface area contributed by atoms with E-state index in [1.54, 1.807) is 0 Å². The molecule has 0 fully saturated rings. The van der Waals surface area contributed by atoms with E-state index in [2.05, 4.69) is 11.3 Å². The van der Waals surface area contributed by atoms with E-state index in [4.69, 9.17) is 6.42 Å². The van der Waals surface area contributed by atoms with Crippen LogP contribution in [0.3, 0.4) is 0 Å². The Hall–Kier alpha value is -2.37. The lowest BCUT2D eigenvalue weighted by atomic mass is 10.4. The molecular formula is C12H10F5NO3. The fourth-order valence-electron chi connectivity index (χ4n) is 1.02. The van der Waals surface area contributed by atoms with Crippen molar-refractivity contribution in [3.8, 4) is 12.3 Å². The molecule has 0 aromatic heterocycles. The lowest BCUT2D eigenvalue weighted by Crippen LogP contribution is -2.38. The SMILES string of the molecule is C#CCN(CC=C)C(=O)C(=O)OC/C(F)=C(\F)C(F)(F)F. The molecule has 21 heavy (non-hydrogen) atoms. The molecule has 0 aliphatic heterocycles. The number of hydrogen-bond donors (Lipinski definition) is 0. The van der Waals surface area contributed by atoms with Crippen LogP contribution in [0.1, 0.15) is 0 Å². The third kappa shape index (κ3) is 6.07. The number of hydrogen-bond acceptors (Lipinski definition) is 3. The summed E-state index contributed by atoms with van der Waals surface area (Å²) in [6.07, 6.45) is 0.621. The highest BCUT2D eigenvalue weighted by atomic mass is 19.4. The third-order valence-corrected chi connectivity index (χ3v) is 1.91. The molecule has 1 amide bonds. The van der Waals surface area contributed by atoms with Gasteiger partial charge in [-0.1, -0.05) is 12.0 Å². The van der Waals surface area contributed by atoms with Gasteiger partial charge < -0.3 is 9.64 Å². The highest BCUT2D eigenvalue weighted by Crippen LogP contribution is 2.29. The standard InChI is InChI=1S/C12H10F5NO3/c1-3-5-18(6-4-2)10(19)11(20)21-7-8(13)9(14)12(15,16)17/h1,4H,2,5-7H2/b9-8+. The first kappa shape index (κ1) is 18.6. The Kier molecular flexibility index (Phi) is 7.13. The van der Waals surface area contributed by atoms with Crippen LogP contribution in [0.2, 0.25) is 0 Å². The van der Waals surface area contributed by atoms with E-state index < -0.39 is 36.3 Å². The lowest BCUT2D eigenvalue weighted by molar-refractivity contribution is -0.159. The van der Waals surface area contributed by atoms with E-state index in [1.807, 2.05) is 5.92 Å². The zero-order valence-electron chi connectivity index (χ0n) is 10.5. The van der Waals surface area contributed by atoms with Crippen molar-refractivity contribution in [1.82, 2.24) is 4.90 Å². The van der Waals surface area contributed by atoms with Crippen molar-refractivity contribution < 1.29 is 36.3 Å². The summed E-state index contributed by atoms with van der Waals surface area (Å²) in [4.78, 5) is 23.4. The number of alkyl halides is 3. The van der Waals surface area contributed by atoms with E-state index in [0.717, 1.165) is 4.90 Å². The molecule has 0 radical (unpaired) electrons. The number of amides is 1. The molecule has 0 rings (SSSR count). The summed E-state index contributed by atoms with van der Waals surface area (Å²) in [5.74, 6) is -6.32. The fraction of sp³-hybridized carbons (Fsp3) is 0.333. The van der Waals surface area contributed by atoms with Crippen molar-refractivity contribution >= 4 is 11.9 Å². The van der Waals surface area contributed by atoms with Crippen molar-refractivity contribution in [3.63, 3.8) is 0 Å². The van der Waals surface area contributed by atoms with Gasteiger partial charge in [0.15, 0.2) is 5.83 Å². The van der Waals surface area contributed by atoms with Crippen LogP contribution in [0.5, 0.6) is 0 Å². The molecular weight excluding hydrogens is 301 g/mol. The van der Waals surface area contributed by atoms with Crippen LogP contribution >= 0.6 is 0 Å². The minimum Gasteiger partial charge on any atom is -0.451 e. The Labute approximate surface area is 116 Å². The van der Waals surface area contributed by atoms with Crippen LogP contribution < -0.4 is 0 Å². The van der Waals surface area contributed by atoms with Gasteiger partial charge in [0, 0.05) is 6.54 Å². The second-order valence-electron chi connectivity index (χ2n) is 3.47. The van der Waals surface area contributed by atoms with Crippen LogP contribution in [0.15, 0.2) is 24.3 Å². The predicted molar refractivity (Wildman–Crippen MR) is 61.9 cm³/mol. The Morgan fingerprint density at radius 2 is 1.90 bits per heavy atom. The maximum Gasteiger partial charge on any atom is 0.445 e. The molecule has 0 spiro atoms. The molecule has 0 saturated carbocycles.